The molecule has 0 spiro atoms. The lowest BCUT2D eigenvalue weighted by atomic mass is 10.0. The number of halogens is 2. The van der Waals surface area contributed by atoms with Gasteiger partial charge in [-0.1, -0.05) is 11.6 Å². The quantitative estimate of drug-likeness (QED) is 0.845. The molecule has 1 unspecified atom stereocenters. The third kappa shape index (κ3) is 3.13. The first-order valence-electron chi connectivity index (χ1n) is 5.49. The summed E-state index contributed by atoms with van der Waals surface area (Å²) in [7, 11) is 1.43. The van der Waals surface area contributed by atoms with E-state index in [0.29, 0.717) is 23.4 Å². The molecule has 1 amide bonds. The van der Waals surface area contributed by atoms with Gasteiger partial charge in [0, 0.05) is 34.6 Å². The summed E-state index contributed by atoms with van der Waals surface area (Å²) in [5.74, 6) is -0.141. The predicted octanol–water partition coefficient (Wildman–Crippen LogP) is 2.05. The fourth-order valence-electron chi connectivity index (χ4n) is 1.94. The van der Waals surface area contributed by atoms with Crippen molar-refractivity contribution >= 4 is 37.2 Å². The molecule has 1 aliphatic rings. The van der Waals surface area contributed by atoms with Crippen LogP contribution in [0.3, 0.4) is 0 Å². The predicted molar refractivity (Wildman–Crippen MR) is 71.0 cm³/mol. The summed E-state index contributed by atoms with van der Waals surface area (Å²) in [6.07, 6.45) is 0.429. The highest BCUT2D eigenvalue weighted by Gasteiger charge is 2.28. The Bertz CT molecular complexity index is 630. The van der Waals surface area contributed by atoms with Crippen LogP contribution in [0.1, 0.15) is 18.9 Å². The highest BCUT2D eigenvalue weighted by Crippen LogP contribution is 2.39. The maximum Gasteiger partial charge on any atom is 0.264 e. The number of carbonyl (C=O) groups is 1. The van der Waals surface area contributed by atoms with E-state index in [2.05, 4.69) is 5.32 Å². The van der Waals surface area contributed by atoms with Gasteiger partial charge in [-0.2, -0.15) is 0 Å². The lowest BCUT2D eigenvalue weighted by Crippen LogP contribution is -2.40. The lowest BCUT2D eigenvalue weighted by molar-refractivity contribution is -0.121. The van der Waals surface area contributed by atoms with E-state index in [0.717, 1.165) is 0 Å². The van der Waals surface area contributed by atoms with Gasteiger partial charge in [-0.3, -0.25) is 4.79 Å². The Kier molecular flexibility index (Phi) is 3.94. The first kappa shape index (κ1) is 14.4. The van der Waals surface area contributed by atoms with Crippen LogP contribution in [-0.4, -0.2) is 20.6 Å². The summed E-state index contributed by atoms with van der Waals surface area (Å²) >= 11 is 6.01. The van der Waals surface area contributed by atoms with Crippen LogP contribution < -0.4 is 10.1 Å². The monoisotopic (exact) mass is 323 g/mol. The highest BCUT2D eigenvalue weighted by atomic mass is 35.7. The van der Waals surface area contributed by atoms with Crippen molar-refractivity contribution < 1.29 is 17.9 Å². The minimum atomic E-state index is -3.94. The van der Waals surface area contributed by atoms with Gasteiger partial charge in [-0.25, -0.2) is 8.42 Å². The molecule has 0 aliphatic carbocycles. The molecule has 104 valence electrons. The number of hydrogen-bond donors (Lipinski definition) is 1. The van der Waals surface area contributed by atoms with Crippen LogP contribution in [0, 0.1) is 0 Å². The van der Waals surface area contributed by atoms with Gasteiger partial charge in [0.25, 0.3) is 9.05 Å². The Labute approximate surface area is 120 Å². The fraction of sp³-hybridized carbons (Fsp3) is 0.364. The van der Waals surface area contributed by atoms with Crippen LogP contribution in [0.15, 0.2) is 17.0 Å². The summed E-state index contributed by atoms with van der Waals surface area (Å²) < 4.78 is 28.5. The topological polar surface area (TPSA) is 72.5 Å². The average Bonchev–Trinajstić information content (AvgIpc) is 2.26. The molecule has 1 heterocycles. The molecule has 8 heteroatoms. The van der Waals surface area contributed by atoms with E-state index in [-0.39, 0.29) is 16.6 Å². The van der Waals surface area contributed by atoms with Crippen molar-refractivity contribution in [2.75, 3.05) is 0 Å². The van der Waals surface area contributed by atoms with Crippen LogP contribution in [-0.2, 0) is 20.3 Å². The third-order valence-electron chi connectivity index (χ3n) is 2.71. The molecule has 1 aliphatic heterocycles. The minimum Gasteiger partial charge on any atom is -0.469 e. The number of fused-ring (bicyclic) bond motifs is 1. The van der Waals surface area contributed by atoms with Crippen molar-refractivity contribution in [2.24, 2.45) is 0 Å². The molecule has 0 aromatic heterocycles. The summed E-state index contributed by atoms with van der Waals surface area (Å²) in [6, 6.07) is 2.76. The molecule has 1 N–H and O–H groups in total. The van der Waals surface area contributed by atoms with Gasteiger partial charge in [0.05, 0.1) is 0 Å². The second-order valence-electron chi connectivity index (χ2n) is 4.14. The van der Waals surface area contributed by atoms with E-state index in [1.54, 1.807) is 0 Å². The Morgan fingerprint density at radius 2 is 2.16 bits per heavy atom. The lowest BCUT2D eigenvalue weighted by Gasteiger charge is -2.28. The Morgan fingerprint density at radius 1 is 1.47 bits per heavy atom. The summed E-state index contributed by atoms with van der Waals surface area (Å²) in [6.45, 7) is 1.36. The number of benzene rings is 1. The summed E-state index contributed by atoms with van der Waals surface area (Å²) in [5.41, 5.74) is 0.588. The molecule has 0 bridgehead atoms. The molecule has 0 fully saturated rings. The number of rotatable bonds is 2. The maximum atomic E-state index is 11.5. The third-order valence-corrected chi connectivity index (χ3v) is 4.41. The van der Waals surface area contributed by atoms with Gasteiger partial charge >= 0.3 is 0 Å². The number of carbonyl (C=O) groups excluding carboxylic acids is 1. The van der Waals surface area contributed by atoms with Crippen molar-refractivity contribution in [3.63, 3.8) is 0 Å². The Balaban J connectivity index is 2.46. The molecule has 2 rings (SSSR count). The molecule has 0 saturated carbocycles. The normalized spacial score (nSPS) is 18.4. The Morgan fingerprint density at radius 3 is 2.74 bits per heavy atom. The van der Waals surface area contributed by atoms with E-state index >= 15 is 0 Å². The average molecular weight is 324 g/mol. The second kappa shape index (κ2) is 5.19. The molecular formula is C11H11Cl2NO4S. The molecule has 19 heavy (non-hydrogen) atoms. The largest absolute Gasteiger partial charge is 0.469 e. The van der Waals surface area contributed by atoms with E-state index in [4.69, 9.17) is 27.0 Å². The van der Waals surface area contributed by atoms with Crippen LogP contribution in [0.5, 0.6) is 5.75 Å². The zero-order chi connectivity index (χ0) is 14.2. The number of hydrogen-bond acceptors (Lipinski definition) is 4. The standard InChI is InChI=1S/C11H11Cl2NO4S/c1-6(15)14-10-5-2-7-8(12)3-4-9(11(7)18-10)19(13,16)17/h3-4,10H,2,5H2,1H3,(H,14,15). The van der Waals surface area contributed by atoms with Gasteiger partial charge in [0.2, 0.25) is 5.91 Å². The van der Waals surface area contributed by atoms with Crippen molar-refractivity contribution in [2.45, 2.75) is 30.9 Å². The van der Waals surface area contributed by atoms with Crippen LogP contribution in [0.2, 0.25) is 5.02 Å². The number of amides is 1. The van der Waals surface area contributed by atoms with Crippen LogP contribution in [0.4, 0.5) is 0 Å². The molecule has 1 aromatic carbocycles. The molecule has 1 atom stereocenters. The highest BCUT2D eigenvalue weighted by molar-refractivity contribution is 8.13. The van der Waals surface area contributed by atoms with Crippen molar-refractivity contribution in [3.05, 3.63) is 22.7 Å². The van der Waals surface area contributed by atoms with Gasteiger partial charge in [0.15, 0.2) is 6.23 Å². The minimum absolute atomic E-state index is 0.118. The van der Waals surface area contributed by atoms with Crippen LogP contribution >= 0.6 is 22.3 Å². The fourth-order valence-corrected chi connectivity index (χ4v) is 3.17. The number of nitrogens with one attached hydrogen (secondary N) is 1. The number of ether oxygens (including phenoxy) is 1. The van der Waals surface area contributed by atoms with E-state index in [9.17, 15) is 13.2 Å². The van der Waals surface area contributed by atoms with Crippen molar-refractivity contribution in [3.8, 4) is 5.75 Å². The van der Waals surface area contributed by atoms with E-state index in [1.807, 2.05) is 0 Å². The summed E-state index contributed by atoms with van der Waals surface area (Å²) in [4.78, 5) is 10.9. The van der Waals surface area contributed by atoms with Crippen molar-refractivity contribution in [1.29, 1.82) is 0 Å². The van der Waals surface area contributed by atoms with Gasteiger partial charge in [-0.05, 0) is 18.6 Å². The molecule has 0 radical (unpaired) electrons. The first-order valence-corrected chi connectivity index (χ1v) is 8.17. The second-order valence-corrected chi connectivity index (χ2v) is 7.08. The van der Waals surface area contributed by atoms with Gasteiger partial charge < -0.3 is 10.1 Å². The van der Waals surface area contributed by atoms with E-state index < -0.39 is 15.3 Å². The van der Waals surface area contributed by atoms with Crippen molar-refractivity contribution in [1.82, 2.24) is 5.32 Å². The molecule has 5 nitrogen and oxygen atoms in total. The maximum absolute atomic E-state index is 11.5. The SMILES string of the molecule is CC(=O)NC1CCc2c(Cl)ccc(S(=O)(=O)Cl)c2O1. The first-order chi connectivity index (χ1) is 8.79. The Hall–Kier alpha value is -0.980. The molecule has 1 aromatic rings. The molecular weight excluding hydrogens is 313 g/mol. The van der Waals surface area contributed by atoms with Gasteiger partial charge in [-0.15, -0.1) is 0 Å². The zero-order valence-corrected chi connectivity index (χ0v) is 12.3. The smallest absolute Gasteiger partial charge is 0.264 e. The van der Waals surface area contributed by atoms with Crippen LogP contribution in [0.25, 0.3) is 0 Å². The van der Waals surface area contributed by atoms with Gasteiger partial charge in [0.1, 0.15) is 10.6 Å². The van der Waals surface area contributed by atoms with E-state index in [1.165, 1.54) is 19.1 Å². The molecule has 0 saturated heterocycles. The zero-order valence-electron chi connectivity index (χ0n) is 9.94. The summed E-state index contributed by atoms with van der Waals surface area (Å²) in [5, 5.41) is 3.00.